The zero-order valence-corrected chi connectivity index (χ0v) is 13.0. The third-order valence-electron chi connectivity index (χ3n) is 2.72. The molecule has 1 aliphatic heterocycles. The lowest BCUT2D eigenvalue weighted by Gasteiger charge is -2.27. The van der Waals surface area contributed by atoms with Gasteiger partial charge in [-0.2, -0.15) is 5.10 Å². The van der Waals surface area contributed by atoms with Crippen LogP contribution in [0.25, 0.3) is 0 Å². The zero-order chi connectivity index (χ0) is 15.1. The van der Waals surface area contributed by atoms with Gasteiger partial charge < -0.3 is 9.64 Å². The summed E-state index contributed by atoms with van der Waals surface area (Å²) in [7, 11) is 0. The molecule has 2 heterocycles. The minimum absolute atomic E-state index is 0.146. The average molecular weight is 309 g/mol. The SMILES string of the molecule is CC(C)=NNC(=O)CSc1cc(N2CCOCC2)ncn1. The Morgan fingerprint density at radius 1 is 1.43 bits per heavy atom. The molecule has 1 aliphatic rings. The Kier molecular flexibility index (Phi) is 5.94. The maximum Gasteiger partial charge on any atom is 0.250 e. The second-order valence-corrected chi connectivity index (χ2v) is 5.69. The van der Waals surface area contributed by atoms with E-state index in [0.717, 1.165) is 29.6 Å². The summed E-state index contributed by atoms with van der Waals surface area (Å²) in [6, 6.07) is 1.90. The predicted octanol–water partition coefficient (Wildman–Crippen LogP) is 0.917. The van der Waals surface area contributed by atoms with Crippen molar-refractivity contribution in [2.45, 2.75) is 18.9 Å². The molecular weight excluding hydrogens is 290 g/mol. The van der Waals surface area contributed by atoms with Gasteiger partial charge in [0.1, 0.15) is 17.2 Å². The number of anilines is 1. The van der Waals surface area contributed by atoms with E-state index in [2.05, 4.69) is 25.4 Å². The molecule has 1 amide bonds. The van der Waals surface area contributed by atoms with Crippen LogP contribution >= 0.6 is 11.8 Å². The highest BCUT2D eigenvalue weighted by Gasteiger charge is 2.13. The van der Waals surface area contributed by atoms with Crippen LogP contribution in [0, 0.1) is 0 Å². The number of nitrogens with one attached hydrogen (secondary N) is 1. The monoisotopic (exact) mass is 309 g/mol. The number of hydrogen-bond donors (Lipinski definition) is 1. The second kappa shape index (κ2) is 7.94. The normalized spacial score (nSPS) is 14.7. The number of rotatable bonds is 5. The van der Waals surface area contributed by atoms with Gasteiger partial charge in [-0.25, -0.2) is 15.4 Å². The molecule has 8 heteroatoms. The van der Waals surface area contributed by atoms with E-state index in [1.807, 2.05) is 19.9 Å². The molecule has 1 aromatic rings. The van der Waals surface area contributed by atoms with E-state index in [0.29, 0.717) is 13.2 Å². The third kappa shape index (κ3) is 5.31. The van der Waals surface area contributed by atoms with Gasteiger partial charge >= 0.3 is 0 Å². The standard InChI is InChI=1S/C13H19N5O2S/c1-10(2)16-17-12(19)8-21-13-7-11(14-9-15-13)18-3-5-20-6-4-18/h7,9H,3-6,8H2,1-2H3,(H,17,19). The van der Waals surface area contributed by atoms with Crippen molar-refractivity contribution < 1.29 is 9.53 Å². The molecule has 2 rings (SSSR count). The van der Waals surface area contributed by atoms with Gasteiger partial charge in [0.05, 0.1) is 19.0 Å². The van der Waals surface area contributed by atoms with Gasteiger partial charge in [-0.15, -0.1) is 0 Å². The number of thioether (sulfide) groups is 1. The highest BCUT2D eigenvalue weighted by Crippen LogP contribution is 2.20. The second-order valence-electron chi connectivity index (χ2n) is 4.70. The van der Waals surface area contributed by atoms with Crippen LogP contribution in [0.15, 0.2) is 22.5 Å². The van der Waals surface area contributed by atoms with Crippen LogP contribution in [-0.2, 0) is 9.53 Å². The summed E-state index contributed by atoms with van der Waals surface area (Å²) in [5.41, 5.74) is 3.30. The van der Waals surface area contributed by atoms with Crippen molar-refractivity contribution in [2.75, 3.05) is 37.0 Å². The number of carbonyl (C=O) groups is 1. The molecule has 7 nitrogen and oxygen atoms in total. The van der Waals surface area contributed by atoms with Gasteiger partial charge in [0.25, 0.3) is 0 Å². The maximum absolute atomic E-state index is 11.6. The van der Waals surface area contributed by atoms with Gasteiger partial charge in [-0.3, -0.25) is 4.79 Å². The van der Waals surface area contributed by atoms with Crippen molar-refractivity contribution in [3.63, 3.8) is 0 Å². The molecule has 1 aromatic heterocycles. The first-order valence-electron chi connectivity index (χ1n) is 6.72. The Morgan fingerprint density at radius 2 is 2.19 bits per heavy atom. The summed E-state index contributed by atoms with van der Waals surface area (Å²) in [5, 5.41) is 4.65. The van der Waals surface area contributed by atoms with Crippen LogP contribution in [-0.4, -0.2) is 53.6 Å². The quantitative estimate of drug-likeness (QED) is 0.377. The number of hydrogen-bond acceptors (Lipinski definition) is 7. The molecule has 1 N–H and O–H groups in total. The van der Waals surface area contributed by atoms with Crippen LogP contribution < -0.4 is 10.3 Å². The molecule has 0 saturated carbocycles. The van der Waals surface area contributed by atoms with Gasteiger partial charge in [0.15, 0.2) is 0 Å². The van der Waals surface area contributed by atoms with Gasteiger partial charge in [0.2, 0.25) is 5.91 Å². The van der Waals surface area contributed by atoms with Crippen LogP contribution in [0.5, 0.6) is 0 Å². The lowest BCUT2D eigenvalue weighted by molar-refractivity contribution is -0.118. The smallest absolute Gasteiger partial charge is 0.250 e. The summed E-state index contributed by atoms with van der Waals surface area (Å²) in [6.45, 7) is 6.73. The zero-order valence-electron chi connectivity index (χ0n) is 12.2. The van der Waals surface area contributed by atoms with Crippen molar-refractivity contribution in [3.05, 3.63) is 12.4 Å². The molecule has 0 atom stereocenters. The third-order valence-corrected chi connectivity index (χ3v) is 3.64. The van der Waals surface area contributed by atoms with Crippen LogP contribution in [0.4, 0.5) is 5.82 Å². The van der Waals surface area contributed by atoms with E-state index in [1.165, 1.54) is 18.1 Å². The Labute approximate surface area is 128 Å². The summed E-state index contributed by atoms with van der Waals surface area (Å²) >= 11 is 1.37. The molecule has 0 unspecified atom stereocenters. The van der Waals surface area contributed by atoms with Crippen molar-refractivity contribution >= 4 is 29.2 Å². The first kappa shape index (κ1) is 15.7. The molecule has 0 aliphatic carbocycles. The molecular formula is C13H19N5O2S. The number of aromatic nitrogens is 2. The molecule has 0 aromatic carbocycles. The highest BCUT2D eigenvalue weighted by molar-refractivity contribution is 7.99. The topological polar surface area (TPSA) is 79.7 Å². The number of amides is 1. The van der Waals surface area contributed by atoms with E-state index < -0.39 is 0 Å². The summed E-state index contributed by atoms with van der Waals surface area (Å²) in [6.07, 6.45) is 1.53. The predicted molar refractivity (Wildman–Crippen MR) is 82.7 cm³/mol. The first-order valence-corrected chi connectivity index (χ1v) is 7.71. The van der Waals surface area contributed by atoms with Gasteiger partial charge in [0, 0.05) is 24.9 Å². The largest absolute Gasteiger partial charge is 0.378 e. The summed E-state index contributed by atoms with van der Waals surface area (Å²) < 4.78 is 5.32. The molecule has 21 heavy (non-hydrogen) atoms. The molecule has 0 spiro atoms. The number of nitrogens with zero attached hydrogens (tertiary/aromatic N) is 4. The number of carbonyl (C=O) groups excluding carboxylic acids is 1. The molecule has 1 saturated heterocycles. The van der Waals surface area contributed by atoms with Crippen molar-refractivity contribution in [1.82, 2.24) is 15.4 Å². The highest BCUT2D eigenvalue weighted by atomic mass is 32.2. The maximum atomic E-state index is 11.6. The van der Waals surface area contributed by atoms with Gasteiger partial charge in [-0.05, 0) is 13.8 Å². The lowest BCUT2D eigenvalue weighted by atomic mass is 10.4. The fourth-order valence-electron chi connectivity index (χ4n) is 1.72. The molecule has 0 bridgehead atoms. The summed E-state index contributed by atoms with van der Waals surface area (Å²) in [5.74, 6) is 1.00. The van der Waals surface area contributed by atoms with Crippen molar-refractivity contribution in [3.8, 4) is 0 Å². The Morgan fingerprint density at radius 3 is 2.90 bits per heavy atom. The number of ether oxygens (including phenoxy) is 1. The van der Waals surface area contributed by atoms with E-state index in [4.69, 9.17) is 4.74 Å². The number of hydrazone groups is 1. The van der Waals surface area contributed by atoms with E-state index in [1.54, 1.807) is 0 Å². The van der Waals surface area contributed by atoms with Gasteiger partial charge in [-0.1, -0.05) is 11.8 Å². The van der Waals surface area contributed by atoms with E-state index in [-0.39, 0.29) is 11.7 Å². The van der Waals surface area contributed by atoms with Crippen molar-refractivity contribution in [1.29, 1.82) is 0 Å². The Hall–Kier alpha value is -1.67. The minimum atomic E-state index is -0.146. The number of morpholine rings is 1. The fourth-order valence-corrected chi connectivity index (χ4v) is 2.37. The van der Waals surface area contributed by atoms with Crippen LogP contribution in [0.2, 0.25) is 0 Å². The van der Waals surface area contributed by atoms with E-state index >= 15 is 0 Å². The first-order chi connectivity index (χ1) is 10.1. The summed E-state index contributed by atoms with van der Waals surface area (Å²) in [4.78, 5) is 22.2. The molecule has 114 valence electrons. The average Bonchev–Trinajstić information content (AvgIpc) is 2.52. The lowest BCUT2D eigenvalue weighted by Crippen LogP contribution is -2.36. The Bertz CT molecular complexity index is 513. The molecule has 1 fully saturated rings. The van der Waals surface area contributed by atoms with Crippen molar-refractivity contribution in [2.24, 2.45) is 5.10 Å². The molecule has 0 radical (unpaired) electrons. The van der Waals surface area contributed by atoms with Crippen LogP contribution in [0.3, 0.4) is 0 Å². The fraction of sp³-hybridized carbons (Fsp3) is 0.538. The Balaban J connectivity index is 1.88. The minimum Gasteiger partial charge on any atom is -0.378 e. The van der Waals surface area contributed by atoms with Crippen LogP contribution in [0.1, 0.15) is 13.8 Å². The van der Waals surface area contributed by atoms with E-state index in [9.17, 15) is 4.79 Å².